The molecule has 2 aromatic carbocycles. The molecule has 0 unspecified atom stereocenters. The van der Waals surface area contributed by atoms with Gasteiger partial charge < -0.3 is 10.1 Å². The Balaban J connectivity index is 1.99. The van der Waals surface area contributed by atoms with E-state index in [4.69, 9.17) is 4.74 Å². The van der Waals surface area contributed by atoms with Gasteiger partial charge in [-0.15, -0.1) is 0 Å². The predicted octanol–water partition coefficient (Wildman–Crippen LogP) is 5.05. The van der Waals surface area contributed by atoms with Gasteiger partial charge in [-0.05, 0) is 56.4 Å². The first-order chi connectivity index (χ1) is 15.5. The fraction of sp³-hybridized carbons (Fsp3) is 0.500. The Bertz CT molecular complexity index is 1110. The van der Waals surface area contributed by atoms with Crippen LogP contribution in [0, 0.1) is 13.8 Å². The molecule has 2 aromatic rings. The summed E-state index contributed by atoms with van der Waals surface area (Å²) in [7, 11) is -3.70. The van der Waals surface area contributed by atoms with Gasteiger partial charge in [0.1, 0.15) is 17.4 Å². The molecule has 0 saturated heterocycles. The minimum Gasteiger partial charge on any atom is -0.487 e. The standard InChI is InChI=1S/C26H36N2O4S/c1-7-22(28(33(6,30)31)23-16-18(4)14-15-19(23)5)25(29)27-21-17-26(8-2,9-3)32-24-13-11-10-12-20(21)24/h10-16,21-22H,7-9,17H2,1-6H3,(H,27,29)/t21-,22-/m1/s1. The average molecular weight is 473 g/mol. The lowest BCUT2D eigenvalue weighted by molar-refractivity contribution is -0.123. The molecule has 1 amide bonds. The minimum atomic E-state index is -3.70. The van der Waals surface area contributed by atoms with Crippen LogP contribution in [0.25, 0.3) is 0 Å². The van der Waals surface area contributed by atoms with Gasteiger partial charge in [-0.3, -0.25) is 9.10 Å². The molecule has 3 rings (SSSR count). The van der Waals surface area contributed by atoms with Crippen LogP contribution in [0.1, 0.15) is 69.2 Å². The number of anilines is 1. The van der Waals surface area contributed by atoms with Gasteiger partial charge in [0, 0.05) is 12.0 Å². The van der Waals surface area contributed by atoms with E-state index in [9.17, 15) is 13.2 Å². The lowest BCUT2D eigenvalue weighted by atomic mass is 9.83. The van der Waals surface area contributed by atoms with Crippen LogP contribution in [-0.4, -0.2) is 32.2 Å². The number of carbonyl (C=O) groups is 1. The third kappa shape index (κ3) is 5.18. The van der Waals surface area contributed by atoms with Crippen molar-refractivity contribution in [1.82, 2.24) is 5.32 Å². The molecule has 33 heavy (non-hydrogen) atoms. The number of nitrogens with zero attached hydrogens (tertiary/aromatic N) is 1. The minimum absolute atomic E-state index is 0.253. The molecule has 1 heterocycles. The highest BCUT2D eigenvalue weighted by Gasteiger charge is 2.40. The van der Waals surface area contributed by atoms with Crippen molar-refractivity contribution in [2.24, 2.45) is 0 Å². The van der Waals surface area contributed by atoms with Crippen molar-refractivity contribution in [2.75, 3.05) is 10.6 Å². The van der Waals surface area contributed by atoms with Gasteiger partial charge in [-0.1, -0.05) is 51.1 Å². The van der Waals surface area contributed by atoms with Crippen LogP contribution in [0.15, 0.2) is 42.5 Å². The molecule has 0 radical (unpaired) electrons. The van der Waals surface area contributed by atoms with Crippen molar-refractivity contribution in [2.45, 2.75) is 78.0 Å². The number of hydrogen-bond acceptors (Lipinski definition) is 4. The fourth-order valence-electron chi connectivity index (χ4n) is 4.69. The van der Waals surface area contributed by atoms with Crippen molar-refractivity contribution in [1.29, 1.82) is 0 Å². The highest BCUT2D eigenvalue weighted by molar-refractivity contribution is 7.92. The summed E-state index contributed by atoms with van der Waals surface area (Å²) in [5.74, 6) is 0.479. The Morgan fingerprint density at radius 1 is 1.15 bits per heavy atom. The third-order valence-electron chi connectivity index (χ3n) is 6.73. The van der Waals surface area contributed by atoms with Gasteiger partial charge in [-0.2, -0.15) is 0 Å². The van der Waals surface area contributed by atoms with Crippen molar-refractivity contribution >= 4 is 21.6 Å². The molecular weight excluding hydrogens is 436 g/mol. The molecule has 0 bridgehead atoms. The van der Waals surface area contributed by atoms with Gasteiger partial charge >= 0.3 is 0 Å². The van der Waals surface area contributed by atoms with Crippen LogP contribution in [0.5, 0.6) is 5.75 Å². The zero-order chi connectivity index (χ0) is 24.4. The number of sulfonamides is 1. The Labute approximate surface area is 198 Å². The molecule has 1 aliphatic heterocycles. The zero-order valence-electron chi connectivity index (χ0n) is 20.5. The number of fused-ring (bicyclic) bond motifs is 1. The van der Waals surface area contributed by atoms with E-state index in [2.05, 4.69) is 19.2 Å². The number of para-hydroxylation sites is 1. The summed E-state index contributed by atoms with van der Waals surface area (Å²) in [6.45, 7) is 9.81. The normalized spacial score (nSPS) is 18.1. The molecule has 1 aliphatic rings. The maximum Gasteiger partial charge on any atom is 0.244 e. The number of amides is 1. The van der Waals surface area contributed by atoms with Crippen molar-refractivity contribution in [3.05, 3.63) is 59.2 Å². The second kappa shape index (κ2) is 9.75. The SMILES string of the molecule is CC[C@H](C(=O)N[C@@H]1CC(CC)(CC)Oc2ccccc21)N(c1cc(C)ccc1C)S(C)(=O)=O. The largest absolute Gasteiger partial charge is 0.487 e. The van der Waals surface area contributed by atoms with E-state index >= 15 is 0 Å². The molecule has 0 fully saturated rings. The number of nitrogens with one attached hydrogen (secondary N) is 1. The number of ether oxygens (including phenoxy) is 1. The van der Waals surface area contributed by atoms with E-state index in [0.717, 1.165) is 41.5 Å². The molecular formula is C26H36N2O4S. The van der Waals surface area contributed by atoms with Crippen LogP contribution < -0.4 is 14.4 Å². The molecule has 7 heteroatoms. The van der Waals surface area contributed by atoms with Gasteiger partial charge in [0.15, 0.2) is 0 Å². The van der Waals surface area contributed by atoms with Crippen LogP contribution >= 0.6 is 0 Å². The van der Waals surface area contributed by atoms with E-state index in [-0.39, 0.29) is 17.6 Å². The highest BCUT2D eigenvalue weighted by Crippen LogP contribution is 2.42. The quantitative estimate of drug-likeness (QED) is 0.584. The fourth-order valence-corrected chi connectivity index (χ4v) is 5.95. The molecule has 0 aromatic heterocycles. The maximum atomic E-state index is 13.6. The van der Waals surface area contributed by atoms with Crippen LogP contribution in [0.2, 0.25) is 0 Å². The first-order valence-corrected chi connectivity index (χ1v) is 13.5. The van der Waals surface area contributed by atoms with Gasteiger partial charge in [-0.25, -0.2) is 8.42 Å². The van der Waals surface area contributed by atoms with E-state index in [1.54, 1.807) is 0 Å². The van der Waals surface area contributed by atoms with E-state index in [1.165, 1.54) is 4.31 Å². The number of hydrogen-bond donors (Lipinski definition) is 1. The first-order valence-electron chi connectivity index (χ1n) is 11.7. The van der Waals surface area contributed by atoms with Crippen LogP contribution in [0.4, 0.5) is 5.69 Å². The summed E-state index contributed by atoms with van der Waals surface area (Å²) < 4.78 is 33.5. The van der Waals surface area contributed by atoms with Crippen molar-refractivity contribution in [3.63, 3.8) is 0 Å². The van der Waals surface area contributed by atoms with Gasteiger partial charge in [0.2, 0.25) is 15.9 Å². The number of rotatable bonds is 8. The summed E-state index contributed by atoms with van der Waals surface area (Å²) in [6, 6.07) is 12.3. The zero-order valence-corrected chi connectivity index (χ0v) is 21.3. The topological polar surface area (TPSA) is 75.7 Å². The Kier molecular flexibility index (Phi) is 7.42. The third-order valence-corrected chi connectivity index (χ3v) is 7.90. The van der Waals surface area contributed by atoms with Crippen molar-refractivity contribution < 1.29 is 17.9 Å². The molecule has 1 N–H and O–H groups in total. The van der Waals surface area contributed by atoms with Crippen LogP contribution in [-0.2, 0) is 14.8 Å². The van der Waals surface area contributed by atoms with E-state index in [0.29, 0.717) is 18.5 Å². The number of benzene rings is 2. The molecule has 0 spiro atoms. The summed E-state index contributed by atoms with van der Waals surface area (Å²) in [5.41, 5.74) is 2.86. The van der Waals surface area contributed by atoms with E-state index < -0.39 is 16.1 Å². The van der Waals surface area contributed by atoms with Crippen molar-refractivity contribution in [3.8, 4) is 5.75 Å². The summed E-state index contributed by atoms with van der Waals surface area (Å²) in [4.78, 5) is 13.6. The van der Waals surface area contributed by atoms with Gasteiger partial charge in [0.25, 0.3) is 0 Å². The second-order valence-electron chi connectivity index (χ2n) is 9.07. The maximum absolute atomic E-state index is 13.6. The Morgan fingerprint density at radius 3 is 2.42 bits per heavy atom. The predicted molar refractivity (Wildman–Crippen MR) is 133 cm³/mol. The summed E-state index contributed by atoms with van der Waals surface area (Å²) in [6.07, 6.45) is 3.79. The Hall–Kier alpha value is -2.54. The second-order valence-corrected chi connectivity index (χ2v) is 10.9. The summed E-state index contributed by atoms with van der Waals surface area (Å²) in [5, 5.41) is 3.18. The molecule has 180 valence electrons. The lowest BCUT2D eigenvalue weighted by Gasteiger charge is -2.42. The number of aryl methyl sites for hydroxylation is 2. The smallest absolute Gasteiger partial charge is 0.244 e. The van der Waals surface area contributed by atoms with Crippen LogP contribution in [0.3, 0.4) is 0 Å². The summed E-state index contributed by atoms with van der Waals surface area (Å²) >= 11 is 0. The molecule has 0 saturated carbocycles. The monoisotopic (exact) mass is 472 g/mol. The molecule has 0 aliphatic carbocycles. The number of carbonyl (C=O) groups excluding carboxylic acids is 1. The average Bonchev–Trinajstić information content (AvgIpc) is 2.78. The molecule has 2 atom stereocenters. The van der Waals surface area contributed by atoms with E-state index in [1.807, 2.05) is 63.2 Å². The van der Waals surface area contributed by atoms with Gasteiger partial charge in [0.05, 0.1) is 18.0 Å². The Morgan fingerprint density at radius 2 is 1.82 bits per heavy atom. The first kappa shape index (κ1) is 25.1. The highest BCUT2D eigenvalue weighted by atomic mass is 32.2. The lowest BCUT2D eigenvalue weighted by Crippen LogP contribution is -2.52. The molecule has 6 nitrogen and oxygen atoms in total.